The zero-order valence-electron chi connectivity index (χ0n) is 13.2. The number of fused-ring (bicyclic) bond motifs is 1. The number of benzene rings is 1. The van der Waals surface area contributed by atoms with E-state index < -0.39 is 0 Å². The zero-order valence-corrected chi connectivity index (χ0v) is 13.2. The quantitative estimate of drug-likeness (QED) is 0.838. The summed E-state index contributed by atoms with van der Waals surface area (Å²) in [6.07, 6.45) is 4.00. The van der Waals surface area contributed by atoms with E-state index in [1.807, 2.05) is 0 Å². The van der Waals surface area contributed by atoms with Gasteiger partial charge in [0, 0.05) is 32.4 Å². The number of carbonyl (C=O) groups is 1. The molecule has 0 fully saturated rings. The number of nitrogens with zero attached hydrogens (tertiary/aromatic N) is 1. The molecule has 1 aliphatic rings. The highest BCUT2D eigenvalue weighted by Crippen LogP contribution is 2.27. The summed E-state index contributed by atoms with van der Waals surface area (Å²) in [4.78, 5) is 14.4. The molecule has 1 aliphatic heterocycles. The van der Waals surface area contributed by atoms with Crippen molar-refractivity contribution in [1.82, 2.24) is 5.32 Å². The average Bonchev–Trinajstić information content (AvgIpc) is 2.50. The van der Waals surface area contributed by atoms with Gasteiger partial charge in [-0.1, -0.05) is 19.1 Å². The molecule has 0 aliphatic carbocycles. The molecule has 2 rings (SSSR count). The Morgan fingerprint density at radius 1 is 1.48 bits per heavy atom. The molecule has 0 aromatic heterocycles. The van der Waals surface area contributed by atoms with Crippen LogP contribution in [0.25, 0.3) is 0 Å². The van der Waals surface area contributed by atoms with Crippen LogP contribution in [-0.4, -0.2) is 32.6 Å². The van der Waals surface area contributed by atoms with E-state index in [4.69, 9.17) is 5.73 Å². The van der Waals surface area contributed by atoms with Crippen molar-refractivity contribution in [2.45, 2.75) is 32.6 Å². The van der Waals surface area contributed by atoms with E-state index >= 15 is 0 Å². The number of hydrogen-bond donors (Lipinski definition) is 2. The number of nitrogens with one attached hydrogen (secondary N) is 1. The Labute approximate surface area is 127 Å². The van der Waals surface area contributed by atoms with Gasteiger partial charge in [0.25, 0.3) is 0 Å². The van der Waals surface area contributed by atoms with E-state index in [1.165, 1.54) is 23.2 Å². The van der Waals surface area contributed by atoms with Crippen molar-refractivity contribution >= 4 is 11.6 Å². The van der Waals surface area contributed by atoms with Crippen molar-refractivity contribution in [1.29, 1.82) is 0 Å². The first-order chi connectivity index (χ1) is 10.2. The first-order valence-corrected chi connectivity index (χ1v) is 7.96. The molecule has 0 saturated heterocycles. The fourth-order valence-corrected chi connectivity index (χ4v) is 2.93. The van der Waals surface area contributed by atoms with Crippen LogP contribution >= 0.6 is 0 Å². The molecule has 4 heteroatoms. The molecule has 3 N–H and O–H groups in total. The SMILES string of the molecule is CCCNC(=O)C(CN)Cc1ccc2c(c1)CCCN2C. The van der Waals surface area contributed by atoms with Crippen LogP contribution in [0.2, 0.25) is 0 Å². The van der Waals surface area contributed by atoms with E-state index in [2.05, 4.69) is 42.4 Å². The molecule has 1 amide bonds. The van der Waals surface area contributed by atoms with E-state index in [9.17, 15) is 4.79 Å². The van der Waals surface area contributed by atoms with Gasteiger partial charge in [0.2, 0.25) is 5.91 Å². The second kappa shape index (κ2) is 7.46. The van der Waals surface area contributed by atoms with Gasteiger partial charge >= 0.3 is 0 Å². The minimum absolute atomic E-state index is 0.0780. The van der Waals surface area contributed by atoms with Crippen molar-refractivity contribution in [3.8, 4) is 0 Å². The number of rotatable bonds is 6. The molecular formula is C17H27N3O. The molecule has 1 aromatic rings. The molecule has 4 nitrogen and oxygen atoms in total. The molecule has 1 unspecified atom stereocenters. The normalized spacial score (nSPS) is 15.5. The lowest BCUT2D eigenvalue weighted by Gasteiger charge is -2.28. The van der Waals surface area contributed by atoms with Gasteiger partial charge in [0.1, 0.15) is 0 Å². The highest BCUT2D eigenvalue weighted by molar-refractivity contribution is 5.79. The van der Waals surface area contributed by atoms with E-state index in [1.54, 1.807) is 0 Å². The number of nitrogens with two attached hydrogens (primary N) is 1. The van der Waals surface area contributed by atoms with Crippen LogP contribution < -0.4 is 16.0 Å². The summed E-state index contributed by atoms with van der Waals surface area (Å²) >= 11 is 0. The Kier molecular flexibility index (Phi) is 5.62. The van der Waals surface area contributed by atoms with Gasteiger partial charge in [-0.05, 0) is 42.9 Å². The maximum absolute atomic E-state index is 12.1. The lowest BCUT2D eigenvalue weighted by molar-refractivity contribution is -0.124. The molecule has 1 atom stereocenters. The Morgan fingerprint density at radius 2 is 2.29 bits per heavy atom. The lowest BCUT2D eigenvalue weighted by atomic mass is 9.94. The molecule has 1 aromatic carbocycles. The molecule has 0 radical (unpaired) electrons. The minimum Gasteiger partial charge on any atom is -0.374 e. The van der Waals surface area contributed by atoms with Gasteiger partial charge in [-0.2, -0.15) is 0 Å². The lowest BCUT2D eigenvalue weighted by Crippen LogP contribution is -2.36. The van der Waals surface area contributed by atoms with Crippen LogP contribution in [0, 0.1) is 5.92 Å². The highest BCUT2D eigenvalue weighted by Gasteiger charge is 2.19. The largest absolute Gasteiger partial charge is 0.374 e. The second-order valence-corrected chi connectivity index (χ2v) is 5.92. The monoisotopic (exact) mass is 289 g/mol. The average molecular weight is 289 g/mol. The number of carbonyl (C=O) groups excluding carboxylic acids is 1. The van der Waals surface area contributed by atoms with Crippen LogP contribution in [0.5, 0.6) is 0 Å². The van der Waals surface area contributed by atoms with Crippen LogP contribution in [0.1, 0.15) is 30.9 Å². The van der Waals surface area contributed by atoms with Crippen LogP contribution in [0.15, 0.2) is 18.2 Å². The van der Waals surface area contributed by atoms with Gasteiger partial charge < -0.3 is 16.0 Å². The van der Waals surface area contributed by atoms with Crippen LogP contribution in [0.3, 0.4) is 0 Å². The topological polar surface area (TPSA) is 58.4 Å². The zero-order chi connectivity index (χ0) is 15.2. The van der Waals surface area contributed by atoms with Crippen molar-refractivity contribution < 1.29 is 4.79 Å². The van der Waals surface area contributed by atoms with Gasteiger partial charge in [0.05, 0.1) is 5.92 Å². The predicted molar refractivity (Wildman–Crippen MR) is 87.6 cm³/mol. The predicted octanol–water partition coefficient (Wildman–Crippen LogP) is 1.71. The minimum atomic E-state index is -0.129. The summed E-state index contributed by atoms with van der Waals surface area (Å²) in [6.45, 7) is 4.30. The standard InChI is InChI=1S/C17H27N3O/c1-3-8-19-17(21)15(12-18)11-13-6-7-16-14(10-13)5-4-9-20(16)2/h6-7,10,15H,3-5,8-9,11-12,18H2,1-2H3,(H,19,21). The molecular weight excluding hydrogens is 262 g/mol. The Balaban J connectivity index is 2.06. The van der Waals surface area contributed by atoms with Crippen LogP contribution in [0.4, 0.5) is 5.69 Å². The summed E-state index contributed by atoms with van der Waals surface area (Å²) in [5.41, 5.74) is 9.72. The first kappa shape index (κ1) is 15.8. The van der Waals surface area contributed by atoms with Gasteiger partial charge in [-0.3, -0.25) is 4.79 Å². The Morgan fingerprint density at radius 3 is 3.00 bits per heavy atom. The Hall–Kier alpha value is -1.55. The molecule has 0 saturated carbocycles. The Bertz CT molecular complexity index is 487. The van der Waals surface area contributed by atoms with Crippen molar-refractivity contribution in [2.24, 2.45) is 11.7 Å². The molecule has 21 heavy (non-hydrogen) atoms. The van der Waals surface area contributed by atoms with E-state index in [0.717, 1.165) is 32.4 Å². The van der Waals surface area contributed by atoms with E-state index in [-0.39, 0.29) is 11.8 Å². The smallest absolute Gasteiger partial charge is 0.224 e. The third kappa shape index (κ3) is 3.97. The number of amides is 1. The molecule has 0 spiro atoms. The third-order valence-electron chi connectivity index (χ3n) is 4.18. The summed E-state index contributed by atoms with van der Waals surface area (Å²) in [6, 6.07) is 6.57. The number of anilines is 1. The second-order valence-electron chi connectivity index (χ2n) is 5.92. The van der Waals surface area contributed by atoms with Gasteiger partial charge in [-0.15, -0.1) is 0 Å². The third-order valence-corrected chi connectivity index (χ3v) is 4.18. The number of aryl methyl sites for hydroxylation is 1. The van der Waals surface area contributed by atoms with Crippen molar-refractivity contribution in [3.05, 3.63) is 29.3 Å². The first-order valence-electron chi connectivity index (χ1n) is 7.96. The summed E-state index contributed by atoms with van der Waals surface area (Å²) in [7, 11) is 2.14. The summed E-state index contributed by atoms with van der Waals surface area (Å²) in [5.74, 6) is -0.0508. The fourth-order valence-electron chi connectivity index (χ4n) is 2.93. The van der Waals surface area contributed by atoms with Crippen molar-refractivity contribution in [2.75, 3.05) is 31.6 Å². The van der Waals surface area contributed by atoms with Gasteiger partial charge in [0.15, 0.2) is 0 Å². The summed E-state index contributed by atoms with van der Waals surface area (Å²) < 4.78 is 0. The van der Waals surface area contributed by atoms with Crippen LogP contribution in [-0.2, 0) is 17.6 Å². The molecule has 0 bridgehead atoms. The highest BCUT2D eigenvalue weighted by atomic mass is 16.1. The molecule has 1 heterocycles. The van der Waals surface area contributed by atoms with Gasteiger partial charge in [-0.25, -0.2) is 0 Å². The number of hydrogen-bond acceptors (Lipinski definition) is 3. The maximum Gasteiger partial charge on any atom is 0.224 e. The molecule has 116 valence electrons. The fraction of sp³-hybridized carbons (Fsp3) is 0.588. The maximum atomic E-state index is 12.1. The van der Waals surface area contributed by atoms with E-state index in [0.29, 0.717) is 6.54 Å². The summed E-state index contributed by atoms with van der Waals surface area (Å²) in [5, 5.41) is 2.95. The van der Waals surface area contributed by atoms with Crippen molar-refractivity contribution in [3.63, 3.8) is 0 Å².